The van der Waals surface area contributed by atoms with Crippen molar-refractivity contribution in [2.45, 2.75) is 19.0 Å². The van der Waals surface area contributed by atoms with E-state index in [0.717, 1.165) is 5.56 Å². The summed E-state index contributed by atoms with van der Waals surface area (Å²) < 4.78 is 5.03. The summed E-state index contributed by atoms with van der Waals surface area (Å²) in [5.41, 5.74) is 1.34. The number of pyridine rings is 1. The molecule has 1 heterocycles. The number of benzene rings is 1. The fourth-order valence-electron chi connectivity index (χ4n) is 2.15. The van der Waals surface area contributed by atoms with Gasteiger partial charge in [-0.1, -0.05) is 6.07 Å². The van der Waals surface area contributed by atoms with Crippen molar-refractivity contribution in [1.29, 1.82) is 0 Å². The summed E-state index contributed by atoms with van der Waals surface area (Å²) in [5, 5.41) is 12.8. The van der Waals surface area contributed by atoms with Crippen LogP contribution in [0.2, 0.25) is 0 Å². The molecule has 23 heavy (non-hydrogen) atoms. The van der Waals surface area contributed by atoms with Crippen molar-refractivity contribution in [2.75, 3.05) is 7.11 Å². The Morgan fingerprint density at radius 3 is 2.57 bits per heavy atom. The topological polar surface area (TPSA) is 95.9 Å². The number of quaternary nitrogens is 1. The van der Waals surface area contributed by atoms with Gasteiger partial charge in [0.1, 0.15) is 18.3 Å². The van der Waals surface area contributed by atoms with E-state index in [1.165, 1.54) is 7.11 Å². The highest BCUT2D eigenvalue weighted by molar-refractivity contribution is 5.98. The molecule has 1 aromatic carbocycles. The number of hydrogen-bond acceptors (Lipinski definition) is 5. The molecule has 0 saturated carbocycles. The molecule has 0 aliphatic heterocycles. The van der Waals surface area contributed by atoms with Crippen LogP contribution in [0.5, 0.6) is 5.75 Å². The summed E-state index contributed by atoms with van der Waals surface area (Å²) in [5.74, 6) is -0.860. The minimum absolute atomic E-state index is 0.130. The third kappa shape index (κ3) is 4.89. The summed E-state index contributed by atoms with van der Waals surface area (Å²) in [6.07, 6.45) is 3.18. The van der Waals surface area contributed by atoms with Gasteiger partial charge in [-0.3, -0.25) is 9.78 Å². The molecule has 0 unspecified atom stereocenters. The molecule has 2 aromatic rings. The molecule has 6 heteroatoms. The molecule has 0 spiro atoms. The Hall–Kier alpha value is -2.73. The van der Waals surface area contributed by atoms with Crippen LogP contribution in [-0.4, -0.2) is 29.9 Å². The molecular weight excluding hydrogens is 296 g/mol. The van der Waals surface area contributed by atoms with Gasteiger partial charge in [-0.2, -0.15) is 0 Å². The summed E-state index contributed by atoms with van der Waals surface area (Å²) in [7, 11) is 1.54. The first kappa shape index (κ1) is 16.6. The Morgan fingerprint density at radius 2 is 2.00 bits per heavy atom. The molecule has 0 bridgehead atoms. The molecule has 0 fully saturated rings. The third-order valence-corrected chi connectivity index (χ3v) is 3.48. The van der Waals surface area contributed by atoms with Gasteiger partial charge in [0, 0.05) is 23.5 Å². The van der Waals surface area contributed by atoms with Crippen molar-refractivity contribution in [3.05, 3.63) is 59.9 Å². The van der Waals surface area contributed by atoms with Gasteiger partial charge in [-0.15, -0.1) is 0 Å². The van der Waals surface area contributed by atoms with E-state index in [1.54, 1.807) is 48.0 Å². The van der Waals surface area contributed by atoms with Gasteiger partial charge in [0.05, 0.1) is 19.5 Å². The highest BCUT2D eigenvalue weighted by atomic mass is 16.5. The van der Waals surface area contributed by atoms with E-state index in [9.17, 15) is 14.7 Å². The first-order chi connectivity index (χ1) is 11.1. The lowest BCUT2D eigenvalue weighted by Crippen LogP contribution is -2.92. The number of ether oxygens (including phenoxy) is 1. The van der Waals surface area contributed by atoms with E-state index in [-0.39, 0.29) is 12.2 Å². The predicted octanol–water partition coefficient (Wildman–Crippen LogP) is -0.455. The quantitative estimate of drug-likeness (QED) is 0.666. The van der Waals surface area contributed by atoms with Crippen LogP contribution >= 0.6 is 0 Å². The molecule has 2 rings (SSSR count). The number of methoxy groups -OCH3 is 1. The van der Waals surface area contributed by atoms with E-state index in [1.807, 2.05) is 6.07 Å². The van der Waals surface area contributed by atoms with E-state index in [2.05, 4.69) is 4.98 Å². The third-order valence-electron chi connectivity index (χ3n) is 3.48. The number of Topliss-reactive ketones (excluding diaryl/α,β-unsaturated/α-hetero) is 1. The van der Waals surface area contributed by atoms with Crippen molar-refractivity contribution < 1.29 is 24.7 Å². The molecule has 1 atom stereocenters. The maximum Gasteiger partial charge on any atom is 0.169 e. The smallest absolute Gasteiger partial charge is 0.169 e. The maximum atomic E-state index is 12.2. The molecule has 1 aromatic heterocycles. The lowest BCUT2D eigenvalue weighted by Gasteiger charge is -2.16. The Kier molecular flexibility index (Phi) is 5.82. The second kappa shape index (κ2) is 8.05. The zero-order valence-electron chi connectivity index (χ0n) is 12.8. The molecule has 2 N–H and O–H groups in total. The predicted molar refractivity (Wildman–Crippen MR) is 80.6 cm³/mol. The fraction of sp³-hybridized carbons (Fsp3) is 0.235. The number of aliphatic carboxylic acids is 1. The van der Waals surface area contributed by atoms with Crippen molar-refractivity contribution >= 4 is 11.8 Å². The minimum Gasteiger partial charge on any atom is -0.544 e. The van der Waals surface area contributed by atoms with Crippen LogP contribution in [0.1, 0.15) is 22.3 Å². The highest BCUT2D eigenvalue weighted by Gasteiger charge is 2.19. The first-order valence-corrected chi connectivity index (χ1v) is 7.20. The zero-order chi connectivity index (χ0) is 16.7. The Balaban J connectivity index is 1.97. The summed E-state index contributed by atoms with van der Waals surface area (Å²) >= 11 is 0. The van der Waals surface area contributed by atoms with Crippen LogP contribution < -0.4 is 15.2 Å². The van der Waals surface area contributed by atoms with Crippen LogP contribution in [0, 0.1) is 0 Å². The van der Waals surface area contributed by atoms with Gasteiger partial charge < -0.3 is 20.0 Å². The van der Waals surface area contributed by atoms with Crippen molar-refractivity contribution in [1.82, 2.24) is 4.98 Å². The summed E-state index contributed by atoms with van der Waals surface area (Å²) in [6.45, 7) is 0.419. The second-order valence-electron chi connectivity index (χ2n) is 5.08. The number of hydrogen-bond donors (Lipinski definition) is 1. The van der Waals surface area contributed by atoms with E-state index in [4.69, 9.17) is 4.74 Å². The van der Waals surface area contributed by atoms with Crippen LogP contribution in [0.15, 0.2) is 48.8 Å². The molecule has 120 valence electrons. The normalized spacial score (nSPS) is 11.7. The van der Waals surface area contributed by atoms with Gasteiger partial charge >= 0.3 is 0 Å². The monoisotopic (exact) mass is 314 g/mol. The number of carbonyl (C=O) groups excluding carboxylic acids is 2. The van der Waals surface area contributed by atoms with Gasteiger partial charge in [0.15, 0.2) is 5.78 Å². The molecular formula is C17H18N2O4. The summed E-state index contributed by atoms with van der Waals surface area (Å²) in [6, 6.07) is 9.26. The molecule has 6 nitrogen and oxygen atoms in total. The van der Waals surface area contributed by atoms with E-state index >= 15 is 0 Å². The lowest BCUT2D eigenvalue weighted by molar-refractivity contribution is -0.697. The number of nitrogens with zero attached hydrogens (tertiary/aromatic N) is 1. The van der Waals surface area contributed by atoms with Crippen molar-refractivity contribution in [3.63, 3.8) is 0 Å². The number of carbonyl (C=O) groups is 2. The molecule has 0 amide bonds. The highest BCUT2D eigenvalue weighted by Crippen LogP contribution is 2.13. The number of rotatable bonds is 8. The standard InChI is InChI=1S/C17H18N2O4/c1-23-14-6-4-13(5-7-14)16(20)9-15(17(21)22)19-11-12-3-2-8-18-10-12/h2-8,10,15,19H,9,11H2,1H3,(H,21,22)/t15-/m1/s1. The number of ketones is 1. The van der Waals surface area contributed by atoms with Crippen molar-refractivity contribution in [2.24, 2.45) is 0 Å². The molecule has 0 aliphatic rings. The van der Waals surface area contributed by atoms with Gasteiger partial charge in [0.25, 0.3) is 0 Å². The maximum absolute atomic E-state index is 12.2. The van der Waals surface area contributed by atoms with E-state index in [0.29, 0.717) is 17.9 Å². The van der Waals surface area contributed by atoms with Crippen LogP contribution in [0.3, 0.4) is 0 Å². The lowest BCUT2D eigenvalue weighted by atomic mass is 10.0. The number of carboxylic acid groups (broad SMARTS) is 1. The van der Waals surface area contributed by atoms with Gasteiger partial charge in [-0.05, 0) is 30.3 Å². The fourth-order valence-corrected chi connectivity index (χ4v) is 2.15. The molecule has 0 saturated heterocycles. The minimum atomic E-state index is -1.25. The molecule has 0 radical (unpaired) electrons. The Bertz CT molecular complexity index is 656. The van der Waals surface area contributed by atoms with Crippen LogP contribution in [0.25, 0.3) is 0 Å². The zero-order valence-corrected chi connectivity index (χ0v) is 12.8. The SMILES string of the molecule is COc1ccc(C(=O)C[C@@H]([NH2+]Cc2cccnc2)C(=O)[O-])cc1. The number of aromatic nitrogens is 1. The average Bonchev–Trinajstić information content (AvgIpc) is 2.59. The second-order valence-corrected chi connectivity index (χ2v) is 5.08. The first-order valence-electron chi connectivity index (χ1n) is 7.20. The Morgan fingerprint density at radius 1 is 1.26 bits per heavy atom. The van der Waals surface area contributed by atoms with Crippen LogP contribution in [0.4, 0.5) is 0 Å². The molecule has 0 aliphatic carbocycles. The number of nitrogens with two attached hydrogens (primary N) is 1. The number of carboxylic acids is 1. The van der Waals surface area contributed by atoms with Gasteiger partial charge in [0.2, 0.25) is 0 Å². The van der Waals surface area contributed by atoms with Crippen molar-refractivity contribution in [3.8, 4) is 5.75 Å². The summed E-state index contributed by atoms with van der Waals surface area (Å²) in [4.78, 5) is 27.4. The largest absolute Gasteiger partial charge is 0.544 e. The average molecular weight is 314 g/mol. The van der Waals surface area contributed by atoms with E-state index < -0.39 is 12.0 Å². The van der Waals surface area contributed by atoms with Crippen LogP contribution in [-0.2, 0) is 11.3 Å². The Labute approximate surface area is 134 Å². The van der Waals surface area contributed by atoms with Gasteiger partial charge in [-0.25, -0.2) is 0 Å².